The van der Waals surface area contributed by atoms with Crippen LogP contribution in [0.2, 0.25) is 0 Å². The van der Waals surface area contributed by atoms with Gasteiger partial charge in [0.2, 0.25) is 0 Å². The molecule has 0 aliphatic carbocycles. The molecule has 0 unspecified atom stereocenters. The van der Waals surface area contributed by atoms with Gasteiger partial charge in [0.05, 0.1) is 16.8 Å². The smallest absolute Gasteiger partial charge is 0.168 e. The van der Waals surface area contributed by atoms with E-state index in [-0.39, 0.29) is 0 Å². The van der Waals surface area contributed by atoms with E-state index in [0.717, 1.165) is 41.1 Å². The summed E-state index contributed by atoms with van der Waals surface area (Å²) in [7, 11) is 0. The monoisotopic (exact) mass is 281 g/mol. The normalized spacial score (nSPS) is 11.2. The van der Waals surface area contributed by atoms with Gasteiger partial charge in [-0.25, -0.2) is 14.6 Å². The Bertz CT molecular complexity index is 804. The maximum atomic E-state index is 6.13. The van der Waals surface area contributed by atoms with Crippen molar-refractivity contribution < 1.29 is 0 Å². The van der Waals surface area contributed by atoms with Gasteiger partial charge in [-0.05, 0) is 31.0 Å². The lowest BCUT2D eigenvalue weighted by atomic mass is 10.2. The molecular weight excluding hydrogens is 262 g/mol. The van der Waals surface area contributed by atoms with Crippen LogP contribution in [-0.4, -0.2) is 19.7 Å². The van der Waals surface area contributed by atoms with E-state index in [1.165, 1.54) is 5.56 Å². The molecule has 5 heteroatoms. The largest absolute Gasteiger partial charge is 0.383 e. The van der Waals surface area contributed by atoms with Gasteiger partial charge in [-0.2, -0.15) is 5.10 Å². The summed E-state index contributed by atoms with van der Waals surface area (Å²) < 4.78 is 1.87. The molecule has 3 rings (SSSR count). The van der Waals surface area contributed by atoms with Crippen molar-refractivity contribution in [3.8, 4) is 5.69 Å². The van der Waals surface area contributed by atoms with Crippen LogP contribution in [0.1, 0.15) is 30.9 Å². The van der Waals surface area contributed by atoms with E-state index in [1.54, 1.807) is 0 Å². The predicted molar refractivity (Wildman–Crippen MR) is 84.6 cm³/mol. The fraction of sp³-hybridized carbons (Fsp3) is 0.312. The van der Waals surface area contributed by atoms with Crippen molar-refractivity contribution in [3.05, 3.63) is 41.3 Å². The minimum atomic E-state index is 0.521. The Kier molecular flexibility index (Phi) is 3.33. The van der Waals surface area contributed by atoms with Crippen molar-refractivity contribution in [3.63, 3.8) is 0 Å². The van der Waals surface area contributed by atoms with Gasteiger partial charge in [-0.1, -0.05) is 26.0 Å². The van der Waals surface area contributed by atoms with E-state index in [9.17, 15) is 0 Å². The Balaban J connectivity index is 2.34. The number of nitrogen functional groups attached to an aromatic ring is 1. The molecule has 0 atom stereocenters. The predicted octanol–water partition coefficient (Wildman–Crippen LogP) is 2.83. The van der Waals surface area contributed by atoms with E-state index < -0.39 is 0 Å². The number of aromatic nitrogens is 4. The molecule has 0 aliphatic rings. The highest BCUT2D eigenvalue weighted by Crippen LogP contribution is 2.25. The second-order valence-electron chi connectivity index (χ2n) is 5.13. The number of fused-ring (bicyclic) bond motifs is 1. The van der Waals surface area contributed by atoms with E-state index in [0.29, 0.717) is 5.82 Å². The van der Waals surface area contributed by atoms with Crippen LogP contribution in [0, 0.1) is 6.92 Å². The first-order valence-corrected chi connectivity index (χ1v) is 7.25. The van der Waals surface area contributed by atoms with Gasteiger partial charge >= 0.3 is 0 Å². The summed E-state index contributed by atoms with van der Waals surface area (Å²) in [4.78, 5) is 9.00. The van der Waals surface area contributed by atoms with Gasteiger partial charge < -0.3 is 5.73 Å². The Morgan fingerprint density at radius 3 is 2.62 bits per heavy atom. The number of hydrogen-bond acceptors (Lipinski definition) is 4. The maximum Gasteiger partial charge on any atom is 0.168 e. The third-order valence-electron chi connectivity index (χ3n) is 3.57. The highest BCUT2D eigenvalue weighted by atomic mass is 15.3. The van der Waals surface area contributed by atoms with Crippen LogP contribution in [0.15, 0.2) is 24.3 Å². The zero-order chi connectivity index (χ0) is 15.0. The molecule has 0 fully saturated rings. The molecule has 0 aliphatic heterocycles. The van der Waals surface area contributed by atoms with Crippen LogP contribution in [0.3, 0.4) is 0 Å². The third kappa shape index (κ3) is 2.24. The fourth-order valence-electron chi connectivity index (χ4n) is 2.51. The van der Waals surface area contributed by atoms with Gasteiger partial charge in [-0.3, -0.25) is 0 Å². The van der Waals surface area contributed by atoms with Gasteiger partial charge in [0.15, 0.2) is 5.65 Å². The van der Waals surface area contributed by atoms with Crippen molar-refractivity contribution in [1.29, 1.82) is 0 Å². The van der Waals surface area contributed by atoms with Crippen LogP contribution < -0.4 is 5.73 Å². The summed E-state index contributed by atoms with van der Waals surface area (Å²) >= 11 is 0. The van der Waals surface area contributed by atoms with Crippen molar-refractivity contribution in [2.75, 3.05) is 5.73 Å². The second-order valence-corrected chi connectivity index (χ2v) is 5.13. The SMILES string of the molecule is CCc1nc(N)c2c(CC)nn(-c3cccc(C)c3)c2n1. The Labute approximate surface area is 123 Å². The lowest BCUT2D eigenvalue weighted by Gasteiger charge is -2.05. The topological polar surface area (TPSA) is 69.6 Å². The van der Waals surface area contributed by atoms with Gasteiger partial charge in [0, 0.05) is 6.42 Å². The summed E-state index contributed by atoms with van der Waals surface area (Å²) in [5.41, 5.74) is 10.0. The minimum Gasteiger partial charge on any atom is -0.383 e. The number of nitrogens with two attached hydrogens (primary N) is 1. The number of hydrogen-bond donors (Lipinski definition) is 1. The molecule has 108 valence electrons. The van der Waals surface area contributed by atoms with Gasteiger partial charge in [0.1, 0.15) is 11.6 Å². The second kappa shape index (κ2) is 5.16. The number of benzene rings is 1. The van der Waals surface area contributed by atoms with Crippen LogP contribution in [0.25, 0.3) is 16.7 Å². The molecule has 1 aromatic carbocycles. The first kappa shape index (κ1) is 13.5. The molecule has 0 saturated carbocycles. The lowest BCUT2D eigenvalue weighted by Crippen LogP contribution is -2.03. The highest BCUT2D eigenvalue weighted by Gasteiger charge is 2.16. The number of rotatable bonds is 3. The molecule has 5 nitrogen and oxygen atoms in total. The number of aryl methyl sites for hydroxylation is 3. The maximum absolute atomic E-state index is 6.13. The summed E-state index contributed by atoms with van der Waals surface area (Å²) in [6.45, 7) is 6.15. The van der Waals surface area contributed by atoms with Crippen molar-refractivity contribution in [2.24, 2.45) is 0 Å². The highest BCUT2D eigenvalue weighted by molar-refractivity contribution is 5.89. The molecule has 0 spiro atoms. The van der Waals surface area contributed by atoms with Crippen molar-refractivity contribution in [1.82, 2.24) is 19.7 Å². The first-order chi connectivity index (χ1) is 10.1. The van der Waals surface area contributed by atoms with E-state index in [4.69, 9.17) is 5.73 Å². The molecule has 2 heterocycles. The van der Waals surface area contributed by atoms with Crippen molar-refractivity contribution >= 4 is 16.9 Å². The minimum absolute atomic E-state index is 0.521. The molecule has 2 N–H and O–H groups in total. The van der Waals surface area contributed by atoms with Crippen molar-refractivity contribution in [2.45, 2.75) is 33.6 Å². The summed E-state index contributed by atoms with van der Waals surface area (Å²) in [6, 6.07) is 8.21. The fourth-order valence-corrected chi connectivity index (χ4v) is 2.51. The Morgan fingerprint density at radius 2 is 1.95 bits per heavy atom. The molecule has 2 aromatic heterocycles. The van der Waals surface area contributed by atoms with Gasteiger partial charge in [-0.15, -0.1) is 0 Å². The zero-order valence-electron chi connectivity index (χ0n) is 12.6. The van der Waals surface area contributed by atoms with E-state index in [2.05, 4.69) is 41.0 Å². The molecule has 0 radical (unpaired) electrons. The average Bonchev–Trinajstić information content (AvgIpc) is 2.86. The van der Waals surface area contributed by atoms with Crippen LogP contribution in [0.5, 0.6) is 0 Å². The summed E-state index contributed by atoms with van der Waals surface area (Å²) in [6.07, 6.45) is 1.55. The molecule has 0 bridgehead atoms. The molecule has 0 amide bonds. The van der Waals surface area contributed by atoms with E-state index in [1.807, 2.05) is 23.7 Å². The third-order valence-corrected chi connectivity index (χ3v) is 3.57. The quantitative estimate of drug-likeness (QED) is 0.801. The molecular formula is C16H19N5. The number of nitrogens with zero attached hydrogens (tertiary/aromatic N) is 4. The lowest BCUT2D eigenvalue weighted by molar-refractivity contribution is 0.846. The van der Waals surface area contributed by atoms with Crippen LogP contribution in [-0.2, 0) is 12.8 Å². The molecule has 21 heavy (non-hydrogen) atoms. The zero-order valence-corrected chi connectivity index (χ0v) is 12.6. The van der Waals surface area contributed by atoms with E-state index >= 15 is 0 Å². The van der Waals surface area contributed by atoms with Gasteiger partial charge in [0.25, 0.3) is 0 Å². The Hall–Kier alpha value is -2.43. The standard InChI is InChI=1S/C16H19N5/c1-4-12-14-15(17)18-13(5-2)19-16(14)21(20-12)11-8-6-7-10(3)9-11/h6-9H,4-5H2,1-3H3,(H2,17,18,19). The molecule has 3 aromatic rings. The number of anilines is 1. The summed E-state index contributed by atoms with van der Waals surface area (Å²) in [5, 5.41) is 5.56. The Morgan fingerprint density at radius 1 is 1.14 bits per heavy atom. The summed E-state index contributed by atoms with van der Waals surface area (Å²) in [5.74, 6) is 1.27. The average molecular weight is 281 g/mol. The molecule has 0 saturated heterocycles. The first-order valence-electron chi connectivity index (χ1n) is 7.25. The van der Waals surface area contributed by atoms with Crippen LogP contribution >= 0.6 is 0 Å². The van der Waals surface area contributed by atoms with Crippen LogP contribution in [0.4, 0.5) is 5.82 Å².